The number of ether oxygens (including phenoxy) is 1. The van der Waals surface area contributed by atoms with Gasteiger partial charge in [-0.05, 0) is 38.5 Å². The lowest BCUT2D eigenvalue weighted by Gasteiger charge is -2.31. The molecule has 0 saturated carbocycles. The number of nitrogens with one attached hydrogen (secondary N) is 2. The molecule has 0 aromatic heterocycles. The summed E-state index contributed by atoms with van der Waals surface area (Å²) >= 11 is 0. The number of nitrogen functional groups attached to an aromatic ring is 1. The minimum atomic E-state index is -3.49. The van der Waals surface area contributed by atoms with E-state index in [2.05, 4.69) is 17.0 Å². The lowest BCUT2D eigenvalue weighted by Crippen LogP contribution is -2.41. The molecule has 0 spiro atoms. The minimum absolute atomic E-state index is 0.0333. The molecule has 0 radical (unpaired) electrons. The highest BCUT2D eigenvalue weighted by Gasteiger charge is 2.37. The van der Waals surface area contributed by atoms with Gasteiger partial charge in [0.2, 0.25) is 10.0 Å². The number of sulfonamides is 1. The maximum absolute atomic E-state index is 12.1. The fraction of sp³-hybridized carbons (Fsp3) is 0.571. The molecule has 6 nitrogen and oxygen atoms in total. The van der Waals surface area contributed by atoms with Crippen LogP contribution >= 0.6 is 0 Å². The van der Waals surface area contributed by atoms with Crippen molar-refractivity contribution in [3.05, 3.63) is 18.2 Å². The average Bonchev–Trinajstić information content (AvgIpc) is 2.72. The molecule has 1 fully saturated rings. The van der Waals surface area contributed by atoms with Crippen molar-refractivity contribution < 1.29 is 13.2 Å². The summed E-state index contributed by atoms with van der Waals surface area (Å²) < 4.78 is 32.2. The van der Waals surface area contributed by atoms with Crippen molar-refractivity contribution in [2.75, 3.05) is 24.2 Å². The minimum Gasteiger partial charge on any atom is -0.397 e. The highest BCUT2D eigenvalue weighted by atomic mass is 32.2. The van der Waals surface area contributed by atoms with E-state index >= 15 is 0 Å². The number of nitrogens with two attached hydrogens (primary N) is 1. The van der Waals surface area contributed by atoms with Crippen LogP contribution in [0.1, 0.15) is 27.2 Å². The maximum atomic E-state index is 12.1. The van der Waals surface area contributed by atoms with Crippen molar-refractivity contribution in [3.63, 3.8) is 0 Å². The van der Waals surface area contributed by atoms with Crippen LogP contribution in [-0.2, 0) is 14.8 Å². The van der Waals surface area contributed by atoms with Crippen LogP contribution in [0.15, 0.2) is 23.1 Å². The van der Waals surface area contributed by atoms with E-state index in [-0.39, 0.29) is 16.5 Å². The summed E-state index contributed by atoms with van der Waals surface area (Å²) in [6.45, 7) is 6.82. The predicted molar refractivity (Wildman–Crippen MR) is 83.8 cm³/mol. The zero-order valence-corrected chi connectivity index (χ0v) is 13.5. The number of hydrogen-bond acceptors (Lipinski definition) is 5. The molecular weight excluding hydrogens is 290 g/mol. The molecule has 118 valence electrons. The Hall–Kier alpha value is -1.31. The van der Waals surface area contributed by atoms with Crippen molar-refractivity contribution in [3.8, 4) is 0 Å². The van der Waals surface area contributed by atoms with E-state index in [1.165, 1.54) is 6.07 Å². The Morgan fingerprint density at radius 3 is 2.76 bits per heavy atom. The van der Waals surface area contributed by atoms with E-state index in [1.807, 2.05) is 6.92 Å². The Bertz CT molecular complexity index is 618. The van der Waals surface area contributed by atoms with Gasteiger partial charge in [-0.3, -0.25) is 0 Å². The lowest BCUT2D eigenvalue weighted by molar-refractivity contribution is 0.105. The molecule has 1 aromatic carbocycles. The Kier molecular flexibility index (Phi) is 4.46. The molecule has 1 aliphatic heterocycles. The third kappa shape index (κ3) is 3.30. The van der Waals surface area contributed by atoms with E-state index in [0.29, 0.717) is 24.5 Å². The van der Waals surface area contributed by atoms with Gasteiger partial charge >= 0.3 is 0 Å². The van der Waals surface area contributed by atoms with E-state index in [9.17, 15) is 8.42 Å². The summed E-state index contributed by atoms with van der Waals surface area (Å²) in [6.07, 6.45) is 0.878. The molecule has 4 N–H and O–H groups in total. The summed E-state index contributed by atoms with van der Waals surface area (Å²) in [7, 11) is -3.49. The quantitative estimate of drug-likeness (QED) is 0.717. The van der Waals surface area contributed by atoms with Gasteiger partial charge in [0.25, 0.3) is 0 Å². The molecule has 0 aliphatic carbocycles. The molecular formula is C14H23N3O3S. The van der Waals surface area contributed by atoms with Crippen LogP contribution < -0.4 is 15.8 Å². The van der Waals surface area contributed by atoms with Gasteiger partial charge in [-0.2, -0.15) is 0 Å². The third-order valence-electron chi connectivity index (χ3n) is 3.98. The molecule has 1 saturated heterocycles. The van der Waals surface area contributed by atoms with Crippen LogP contribution in [0.3, 0.4) is 0 Å². The molecule has 2 atom stereocenters. The molecule has 0 amide bonds. The van der Waals surface area contributed by atoms with Crippen molar-refractivity contribution in [2.24, 2.45) is 0 Å². The summed E-state index contributed by atoms with van der Waals surface area (Å²) in [5, 5.41) is 3.35. The first-order valence-electron chi connectivity index (χ1n) is 7.07. The Morgan fingerprint density at radius 1 is 1.48 bits per heavy atom. The van der Waals surface area contributed by atoms with Gasteiger partial charge in [0.05, 0.1) is 27.9 Å². The molecule has 2 rings (SSSR count). The summed E-state index contributed by atoms with van der Waals surface area (Å²) in [5.41, 5.74) is 6.85. The van der Waals surface area contributed by atoms with Gasteiger partial charge < -0.3 is 15.8 Å². The van der Waals surface area contributed by atoms with Gasteiger partial charge in [-0.25, -0.2) is 13.1 Å². The second kappa shape index (κ2) is 5.82. The topological polar surface area (TPSA) is 93.5 Å². The standard InChI is InChI=1S/C14H23N3O3S/c1-4-16-21(18,19)11-5-6-12(15)13(9-11)17-14(3)7-8-20-10(14)2/h5-6,9-10,16-17H,4,7-8,15H2,1-3H3. The second-order valence-electron chi connectivity index (χ2n) is 5.56. The zero-order valence-electron chi connectivity index (χ0n) is 12.6. The molecule has 1 aliphatic rings. The van der Waals surface area contributed by atoms with Gasteiger partial charge in [0.1, 0.15) is 0 Å². The Morgan fingerprint density at radius 2 is 2.19 bits per heavy atom. The van der Waals surface area contributed by atoms with Gasteiger partial charge in [0.15, 0.2) is 0 Å². The van der Waals surface area contributed by atoms with E-state index in [1.54, 1.807) is 19.1 Å². The number of rotatable bonds is 5. The van der Waals surface area contributed by atoms with Gasteiger partial charge in [-0.1, -0.05) is 6.92 Å². The third-order valence-corrected chi connectivity index (χ3v) is 5.52. The van der Waals surface area contributed by atoms with Crippen molar-refractivity contribution in [1.29, 1.82) is 0 Å². The van der Waals surface area contributed by atoms with Crippen LogP contribution in [0, 0.1) is 0 Å². The van der Waals surface area contributed by atoms with E-state index < -0.39 is 10.0 Å². The normalized spacial score (nSPS) is 26.0. The van der Waals surface area contributed by atoms with Crippen molar-refractivity contribution in [2.45, 2.75) is 43.7 Å². The van der Waals surface area contributed by atoms with Crippen LogP contribution in [0.2, 0.25) is 0 Å². The summed E-state index contributed by atoms with van der Waals surface area (Å²) in [6, 6.07) is 4.69. The zero-order chi connectivity index (χ0) is 15.7. The number of benzene rings is 1. The maximum Gasteiger partial charge on any atom is 0.240 e. The van der Waals surface area contributed by atoms with E-state index in [4.69, 9.17) is 10.5 Å². The highest BCUT2D eigenvalue weighted by Crippen LogP contribution is 2.32. The molecule has 0 bridgehead atoms. The van der Waals surface area contributed by atoms with Crippen LogP contribution in [0.4, 0.5) is 11.4 Å². The lowest BCUT2D eigenvalue weighted by atomic mass is 9.94. The first-order valence-corrected chi connectivity index (χ1v) is 8.56. The fourth-order valence-electron chi connectivity index (χ4n) is 2.39. The summed E-state index contributed by atoms with van der Waals surface area (Å²) in [4.78, 5) is 0.205. The number of anilines is 2. The average molecular weight is 313 g/mol. The fourth-order valence-corrected chi connectivity index (χ4v) is 3.46. The Labute approximate surface area is 126 Å². The largest absolute Gasteiger partial charge is 0.397 e. The van der Waals surface area contributed by atoms with Crippen LogP contribution in [0.5, 0.6) is 0 Å². The second-order valence-corrected chi connectivity index (χ2v) is 7.32. The predicted octanol–water partition coefficient (Wildman–Crippen LogP) is 1.55. The van der Waals surface area contributed by atoms with Gasteiger partial charge in [0, 0.05) is 13.2 Å². The monoisotopic (exact) mass is 313 g/mol. The van der Waals surface area contributed by atoms with Crippen LogP contribution in [-0.4, -0.2) is 33.2 Å². The van der Waals surface area contributed by atoms with E-state index in [0.717, 1.165) is 6.42 Å². The molecule has 7 heteroatoms. The SMILES string of the molecule is CCNS(=O)(=O)c1ccc(N)c(NC2(C)CCOC2C)c1. The smallest absolute Gasteiger partial charge is 0.240 e. The molecule has 1 heterocycles. The number of hydrogen-bond donors (Lipinski definition) is 3. The van der Waals surface area contributed by atoms with Crippen molar-refractivity contribution >= 4 is 21.4 Å². The summed E-state index contributed by atoms with van der Waals surface area (Å²) in [5.74, 6) is 0. The van der Waals surface area contributed by atoms with Gasteiger partial charge in [-0.15, -0.1) is 0 Å². The molecule has 21 heavy (non-hydrogen) atoms. The molecule has 1 aromatic rings. The first-order chi connectivity index (χ1) is 9.78. The van der Waals surface area contributed by atoms with Crippen molar-refractivity contribution in [1.82, 2.24) is 4.72 Å². The first kappa shape index (κ1) is 16.1. The van der Waals surface area contributed by atoms with Crippen LogP contribution in [0.25, 0.3) is 0 Å². The highest BCUT2D eigenvalue weighted by molar-refractivity contribution is 7.89. The Balaban J connectivity index is 2.32. The molecule has 2 unspecified atom stereocenters.